The van der Waals surface area contributed by atoms with Crippen molar-refractivity contribution < 1.29 is 48.4 Å². The van der Waals surface area contributed by atoms with E-state index in [0.717, 1.165) is 47.5 Å². The van der Waals surface area contributed by atoms with Crippen LogP contribution in [0.1, 0.15) is 65.2 Å². The number of methoxy groups -OCH3 is 1. The van der Waals surface area contributed by atoms with Gasteiger partial charge in [-0.3, -0.25) is 14.5 Å². The summed E-state index contributed by atoms with van der Waals surface area (Å²) in [5, 5.41) is 19.9. The molecule has 0 bridgehead atoms. The Kier molecular flexibility index (Phi) is 18.0. The van der Waals surface area contributed by atoms with Gasteiger partial charge in [-0.2, -0.15) is 11.8 Å². The third-order valence-electron chi connectivity index (χ3n) is 8.97. The van der Waals surface area contributed by atoms with Crippen LogP contribution in [-0.2, 0) is 30.5 Å². The van der Waals surface area contributed by atoms with Crippen molar-refractivity contribution in [2.24, 2.45) is 0 Å². The average Bonchev–Trinajstić information content (AvgIpc) is 3.52. The molecule has 1 unspecified atom stereocenters. The smallest absolute Gasteiger partial charge is 0.345 e. The second-order valence-corrected chi connectivity index (χ2v) is 14.8. The standard InChI is InChI=1S/C38H44ClN3O6S.C4H4O4/c1-26-36(33-23-30(46-2)14-15-34(33)41-26)32(38(45)48-37(44)28-10-12-29(39)13-11-28)16-21-49-25-35(43)40-17-7-20-47-31-9-6-8-27(22-31)24-42-18-4-3-5-19-42;5-3(6)1-2-4(7)8/h6,8-15,22-23,32,41H,3-5,7,16-21,24-25H2,1-2H3,(H,40,43);1-2H,(H,5,6)(H,7,8)/b;2-1-. The minimum absolute atomic E-state index is 0.0846. The van der Waals surface area contributed by atoms with Crippen LogP contribution in [0.4, 0.5) is 0 Å². The first-order valence-corrected chi connectivity index (χ1v) is 20.1. The Morgan fingerprint density at radius 3 is 2.35 bits per heavy atom. The fraction of sp³-hybridized carbons (Fsp3) is 0.357. The summed E-state index contributed by atoms with van der Waals surface area (Å²) in [6, 6.07) is 20.0. The minimum atomic E-state index is -1.26. The van der Waals surface area contributed by atoms with Crippen LogP contribution in [0.3, 0.4) is 0 Å². The summed E-state index contributed by atoms with van der Waals surface area (Å²) >= 11 is 7.38. The number of H-pyrrole nitrogens is 1. The van der Waals surface area contributed by atoms with Crippen LogP contribution in [-0.4, -0.2) is 94.7 Å². The van der Waals surface area contributed by atoms with Gasteiger partial charge < -0.3 is 34.7 Å². The molecule has 1 saturated heterocycles. The molecule has 304 valence electrons. The monoisotopic (exact) mass is 821 g/mol. The molecule has 4 N–H and O–H groups in total. The van der Waals surface area contributed by atoms with Crippen LogP contribution < -0.4 is 14.8 Å². The highest BCUT2D eigenvalue weighted by Gasteiger charge is 2.29. The molecule has 1 aliphatic rings. The number of aromatic nitrogens is 1. The number of nitrogens with zero attached hydrogens (tertiary/aromatic N) is 1. The van der Waals surface area contributed by atoms with Gasteiger partial charge in [0.05, 0.1) is 31.0 Å². The van der Waals surface area contributed by atoms with E-state index in [2.05, 4.69) is 27.3 Å². The van der Waals surface area contributed by atoms with Gasteiger partial charge in [-0.05, 0) is 117 Å². The van der Waals surface area contributed by atoms with E-state index >= 15 is 0 Å². The summed E-state index contributed by atoms with van der Waals surface area (Å²) in [6.45, 7) is 6.16. The Hall–Kier alpha value is -5.31. The van der Waals surface area contributed by atoms with Crippen LogP contribution in [0, 0.1) is 6.92 Å². The number of carboxylic acids is 2. The van der Waals surface area contributed by atoms with Gasteiger partial charge in [0.25, 0.3) is 0 Å². The zero-order valence-corrected chi connectivity index (χ0v) is 33.5. The van der Waals surface area contributed by atoms with E-state index in [1.165, 1.54) is 48.7 Å². The zero-order chi connectivity index (χ0) is 41.2. The fourth-order valence-corrected chi connectivity index (χ4v) is 7.21. The van der Waals surface area contributed by atoms with E-state index in [1.807, 2.05) is 37.3 Å². The van der Waals surface area contributed by atoms with Crippen molar-refractivity contribution in [1.29, 1.82) is 0 Å². The number of ether oxygens (including phenoxy) is 3. The maximum atomic E-state index is 13.6. The summed E-state index contributed by atoms with van der Waals surface area (Å²) < 4.78 is 16.8. The van der Waals surface area contributed by atoms with Gasteiger partial charge in [-0.15, -0.1) is 0 Å². The number of carbonyl (C=O) groups is 5. The number of rotatable bonds is 18. The SMILES string of the molecule is COc1ccc2[nH]c(C)c(C(CCSCC(=O)NCCCOc3cccc(CN4CCCCC4)c3)C(=O)OC(=O)c3ccc(Cl)cc3)c2c1.O=C(O)/C=C\C(=O)O. The maximum Gasteiger partial charge on any atom is 0.345 e. The number of aromatic amines is 1. The lowest BCUT2D eigenvalue weighted by atomic mass is 9.93. The number of amides is 1. The van der Waals surface area contributed by atoms with E-state index in [-0.39, 0.29) is 17.2 Å². The number of nitrogens with one attached hydrogen (secondary N) is 2. The number of thioether (sulfide) groups is 1. The second-order valence-electron chi connectivity index (χ2n) is 13.2. The van der Waals surface area contributed by atoms with E-state index < -0.39 is 29.8 Å². The lowest BCUT2D eigenvalue weighted by Crippen LogP contribution is -2.29. The second kappa shape index (κ2) is 23.0. The molecule has 0 aliphatic carbocycles. The molecular formula is C42H48ClN3O10S. The predicted octanol–water partition coefficient (Wildman–Crippen LogP) is 7.01. The van der Waals surface area contributed by atoms with Gasteiger partial charge in [0.15, 0.2) is 0 Å². The number of hydrogen-bond donors (Lipinski definition) is 4. The third kappa shape index (κ3) is 14.9. The first-order valence-electron chi connectivity index (χ1n) is 18.5. The number of aryl methyl sites for hydroxylation is 1. The molecule has 2 heterocycles. The molecule has 1 amide bonds. The van der Waals surface area contributed by atoms with E-state index in [9.17, 15) is 24.0 Å². The topological polar surface area (TPSA) is 185 Å². The lowest BCUT2D eigenvalue weighted by Gasteiger charge is -2.26. The Morgan fingerprint density at radius 1 is 0.947 bits per heavy atom. The van der Waals surface area contributed by atoms with Crippen molar-refractivity contribution in [3.63, 3.8) is 0 Å². The van der Waals surface area contributed by atoms with Crippen molar-refractivity contribution in [2.45, 2.75) is 51.5 Å². The number of esters is 2. The molecule has 3 aromatic carbocycles. The van der Waals surface area contributed by atoms with Gasteiger partial charge in [0, 0.05) is 46.9 Å². The van der Waals surface area contributed by atoms with Gasteiger partial charge in [-0.1, -0.05) is 30.2 Å². The minimum Gasteiger partial charge on any atom is -0.497 e. The van der Waals surface area contributed by atoms with Gasteiger partial charge >= 0.3 is 23.9 Å². The summed E-state index contributed by atoms with van der Waals surface area (Å²) in [5.41, 5.74) is 3.86. The van der Waals surface area contributed by atoms with Gasteiger partial charge in [0.1, 0.15) is 11.5 Å². The van der Waals surface area contributed by atoms with Crippen LogP contribution >= 0.6 is 23.4 Å². The number of carbonyl (C=O) groups excluding carboxylic acids is 3. The number of carboxylic acid groups (broad SMARTS) is 2. The highest BCUT2D eigenvalue weighted by Crippen LogP contribution is 2.35. The first-order chi connectivity index (χ1) is 27.4. The number of fused-ring (bicyclic) bond motifs is 1. The van der Waals surface area contributed by atoms with Crippen molar-refractivity contribution in [1.82, 2.24) is 15.2 Å². The largest absolute Gasteiger partial charge is 0.497 e. The number of likely N-dealkylation sites (tertiary alicyclic amines) is 1. The molecule has 1 atom stereocenters. The summed E-state index contributed by atoms with van der Waals surface area (Å²) in [7, 11) is 1.58. The summed E-state index contributed by atoms with van der Waals surface area (Å²) in [6.07, 6.45) is 6.02. The highest BCUT2D eigenvalue weighted by atomic mass is 35.5. The molecule has 0 saturated carbocycles. The number of benzene rings is 3. The normalized spacial score (nSPS) is 13.3. The number of aliphatic carboxylic acids is 2. The maximum absolute atomic E-state index is 13.6. The molecule has 0 radical (unpaired) electrons. The molecule has 1 aliphatic heterocycles. The van der Waals surface area contributed by atoms with E-state index in [1.54, 1.807) is 19.2 Å². The molecule has 13 nitrogen and oxygen atoms in total. The highest BCUT2D eigenvalue weighted by molar-refractivity contribution is 7.99. The van der Waals surface area contributed by atoms with Crippen LogP contribution in [0.5, 0.6) is 11.5 Å². The first kappa shape index (κ1) is 44.4. The van der Waals surface area contributed by atoms with Gasteiger partial charge in [-0.25, -0.2) is 14.4 Å². The quantitative estimate of drug-likeness (QED) is 0.0349. The molecule has 57 heavy (non-hydrogen) atoms. The number of piperidine rings is 1. The number of halogens is 1. The van der Waals surface area contributed by atoms with Crippen molar-refractivity contribution >= 4 is 64.1 Å². The van der Waals surface area contributed by atoms with Crippen LogP contribution in [0.2, 0.25) is 5.02 Å². The van der Waals surface area contributed by atoms with Crippen LogP contribution in [0.15, 0.2) is 78.9 Å². The molecule has 5 rings (SSSR count). The zero-order valence-electron chi connectivity index (χ0n) is 32.0. The van der Waals surface area contributed by atoms with Crippen LogP contribution in [0.25, 0.3) is 10.9 Å². The predicted molar refractivity (Wildman–Crippen MR) is 219 cm³/mol. The van der Waals surface area contributed by atoms with Gasteiger partial charge in [0.2, 0.25) is 5.91 Å². The molecular weight excluding hydrogens is 774 g/mol. The van der Waals surface area contributed by atoms with Crippen molar-refractivity contribution in [2.75, 3.05) is 44.9 Å². The Bertz CT molecular complexity index is 1990. The van der Waals surface area contributed by atoms with Crippen molar-refractivity contribution in [3.05, 3.63) is 106 Å². The summed E-state index contributed by atoms with van der Waals surface area (Å²) in [5.74, 6) is -2.52. The Morgan fingerprint density at radius 2 is 1.67 bits per heavy atom. The summed E-state index contributed by atoms with van der Waals surface area (Å²) in [4.78, 5) is 63.9. The van der Waals surface area contributed by atoms with E-state index in [4.69, 9.17) is 36.0 Å². The molecule has 1 aromatic heterocycles. The average molecular weight is 822 g/mol. The Labute approximate surface area is 340 Å². The van der Waals surface area contributed by atoms with E-state index in [0.29, 0.717) is 54.7 Å². The molecule has 1 fully saturated rings. The number of hydrogen-bond acceptors (Lipinski definition) is 10. The fourth-order valence-electron chi connectivity index (χ4n) is 6.25. The third-order valence-corrected chi connectivity index (χ3v) is 10.2. The van der Waals surface area contributed by atoms with Crippen molar-refractivity contribution in [3.8, 4) is 11.5 Å². The molecule has 15 heteroatoms. The lowest BCUT2D eigenvalue weighted by molar-refractivity contribution is -0.140. The molecule has 4 aromatic rings. The Balaban J connectivity index is 0.000000812. The molecule has 0 spiro atoms.